The third kappa shape index (κ3) is 4.68. The number of aliphatic carboxylic acids is 1. The summed E-state index contributed by atoms with van der Waals surface area (Å²) in [7, 11) is 0. The first-order valence-corrected chi connectivity index (χ1v) is 7.78. The zero-order chi connectivity index (χ0) is 16.7. The van der Waals surface area contributed by atoms with Crippen LogP contribution in [0, 0.1) is 0 Å². The summed E-state index contributed by atoms with van der Waals surface area (Å²) >= 11 is 0. The van der Waals surface area contributed by atoms with E-state index in [0.717, 1.165) is 29.2 Å². The lowest BCUT2D eigenvalue weighted by Crippen LogP contribution is -2.41. The maximum Gasteiger partial charge on any atom is 0.326 e. The van der Waals surface area contributed by atoms with E-state index in [9.17, 15) is 14.7 Å². The second-order valence-electron chi connectivity index (χ2n) is 5.43. The number of hydrogen-bond acceptors (Lipinski definition) is 2. The minimum Gasteiger partial charge on any atom is -0.480 e. The van der Waals surface area contributed by atoms with Gasteiger partial charge in [0.1, 0.15) is 6.04 Å². The topological polar surface area (TPSA) is 66.4 Å². The van der Waals surface area contributed by atoms with Gasteiger partial charge in [-0.25, -0.2) is 4.79 Å². The zero-order valence-electron chi connectivity index (χ0n) is 13.2. The van der Waals surface area contributed by atoms with E-state index in [1.807, 2.05) is 49.4 Å². The van der Waals surface area contributed by atoms with Crippen LogP contribution in [-0.4, -0.2) is 23.0 Å². The van der Waals surface area contributed by atoms with Crippen molar-refractivity contribution < 1.29 is 14.7 Å². The van der Waals surface area contributed by atoms with Gasteiger partial charge in [0.05, 0.1) is 0 Å². The van der Waals surface area contributed by atoms with Crippen LogP contribution in [0.4, 0.5) is 0 Å². The summed E-state index contributed by atoms with van der Waals surface area (Å²) in [6.45, 7) is 2.02. The average molecular weight is 311 g/mol. The number of fused-ring (bicyclic) bond motifs is 1. The van der Waals surface area contributed by atoms with Crippen LogP contribution in [0.1, 0.15) is 25.3 Å². The Kier molecular flexibility index (Phi) is 5.92. The van der Waals surface area contributed by atoms with Crippen LogP contribution in [0.15, 0.2) is 54.6 Å². The molecular formula is C19H21NO3. The summed E-state index contributed by atoms with van der Waals surface area (Å²) in [5, 5.41) is 14.0. The van der Waals surface area contributed by atoms with Gasteiger partial charge in [0.15, 0.2) is 0 Å². The number of carboxylic acids is 1. The molecule has 2 aromatic carbocycles. The fraction of sp³-hybridized carbons (Fsp3) is 0.263. The minimum absolute atomic E-state index is 0.254. The third-order valence-corrected chi connectivity index (χ3v) is 3.64. The summed E-state index contributed by atoms with van der Waals surface area (Å²) < 4.78 is 0. The number of carbonyl (C=O) groups is 2. The van der Waals surface area contributed by atoms with Crippen LogP contribution in [-0.2, 0) is 16.0 Å². The smallest absolute Gasteiger partial charge is 0.326 e. The Bertz CT molecular complexity index is 716. The molecular weight excluding hydrogens is 290 g/mol. The van der Waals surface area contributed by atoms with E-state index in [1.165, 1.54) is 6.08 Å². The Balaban J connectivity index is 2.15. The van der Waals surface area contributed by atoms with Gasteiger partial charge in [0.2, 0.25) is 5.91 Å². The molecule has 0 fully saturated rings. The number of rotatable bonds is 7. The van der Waals surface area contributed by atoms with Crippen molar-refractivity contribution in [2.45, 2.75) is 32.2 Å². The maximum atomic E-state index is 11.8. The quantitative estimate of drug-likeness (QED) is 0.771. The summed E-state index contributed by atoms with van der Waals surface area (Å²) in [4.78, 5) is 23.3. The van der Waals surface area contributed by atoms with Gasteiger partial charge in [-0.05, 0) is 28.8 Å². The molecule has 0 spiro atoms. The van der Waals surface area contributed by atoms with Gasteiger partial charge in [-0.15, -0.1) is 0 Å². The number of nitrogens with one attached hydrogen (secondary N) is 1. The molecule has 0 heterocycles. The van der Waals surface area contributed by atoms with Crippen LogP contribution < -0.4 is 5.32 Å². The molecule has 0 saturated heterocycles. The molecule has 0 aromatic heterocycles. The molecule has 2 N–H and O–H groups in total. The van der Waals surface area contributed by atoms with Crippen molar-refractivity contribution in [3.05, 3.63) is 60.2 Å². The Labute approximate surface area is 135 Å². The molecule has 4 nitrogen and oxygen atoms in total. The number of unbranched alkanes of at least 4 members (excludes halogenated alkanes) is 1. The molecule has 2 aromatic rings. The van der Waals surface area contributed by atoms with Crippen LogP contribution in [0.3, 0.4) is 0 Å². The summed E-state index contributed by atoms with van der Waals surface area (Å²) in [6, 6.07) is 12.7. The van der Waals surface area contributed by atoms with Gasteiger partial charge in [-0.1, -0.05) is 61.9 Å². The predicted molar refractivity (Wildman–Crippen MR) is 91.3 cm³/mol. The van der Waals surface area contributed by atoms with Crippen molar-refractivity contribution in [3.8, 4) is 0 Å². The summed E-state index contributed by atoms with van der Waals surface area (Å²) in [6.07, 6.45) is 5.16. The van der Waals surface area contributed by atoms with E-state index in [4.69, 9.17) is 0 Å². The number of carbonyl (C=O) groups excluding carboxylic acids is 1. The molecule has 23 heavy (non-hydrogen) atoms. The number of hydrogen-bond donors (Lipinski definition) is 2. The van der Waals surface area contributed by atoms with Gasteiger partial charge >= 0.3 is 5.97 Å². The predicted octanol–water partition coefficient (Wildman–Crippen LogP) is 3.31. The van der Waals surface area contributed by atoms with E-state index in [2.05, 4.69) is 5.32 Å². The zero-order valence-corrected chi connectivity index (χ0v) is 13.2. The summed E-state index contributed by atoms with van der Waals surface area (Å²) in [5.74, 6) is -1.40. The first-order chi connectivity index (χ1) is 11.1. The van der Waals surface area contributed by atoms with Crippen molar-refractivity contribution in [3.63, 3.8) is 0 Å². The van der Waals surface area contributed by atoms with E-state index in [0.29, 0.717) is 0 Å². The molecule has 0 radical (unpaired) electrons. The standard InChI is InChI=1S/C19H21NO3/c1-2-3-4-12-18(21)20-17(19(22)23)13-15-10-7-9-14-8-5-6-11-16(14)15/h4-12,17H,2-3,13H2,1H3,(H,20,21)(H,22,23)/t17-/m0/s1. The number of amides is 1. The highest BCUT2D eigenvalue weighted by Gasteiger charge is 2.20. The van der Waals surface area contributed by atoms with Crippen LogP contribution >= 0.6 is 0 Å². The second-order valence-corrected chi connectivity index (χ2v) is 5.43. The molecule has 2 rings (SSSR count). The molecule has 0 aliphatic rings. The van der Waals surface area contributed by atoms with E-state index in [1.54, 1.807) is 6.08 Å². The van der Waals surface area contributed by atoms with E-state index in [-0.39, 0.29) is 12.3 Å². The maximum absolute atomic E-state index is 11.8. The van der Waals surface area contributed by atoms with Gasteiger partial charge in [0, 0.05) is 6.42 Å². The lowest BCUT2D eigenvalue weighted by atomic mass is 9.99. The van der Waals surface area contributed by atoms with Crippen molar-refractivity contribution >= 4 is 22.6 Å². The van der Waals surface area contributed by atoms with E-state index < -0.39 is 12.0 Å². The Hall–Kier alpha value is -2.62. The molecule has 1 atom stereocenters. The van der Waals surface area contributed by atoms with Gasteiger partial charge in [0.25, 0.3) is 0 Å². The van der Waals surface area contributed by atoms with Crippen molar-refractivity contribution in [1.82, 2.24) is 5.32 Å². The second kappa shape index (κ2) is 8.13. The fourth-order valence-corrected chi connectivity index (χ4v) is 2.47. The van der Waals surface area contributed by atoms with Crippen molar-refractivity contribution in [2.24, 2.45) is 0 Å². The summed E-state index contributed by atoms with van der Waals surface area (Å²) in [5.41, 5.74) is 0.910. The molecule has 0 aliphatic carbocycles. The third-order valence-electron chi connectivity index (χ3n) is 3.64. The first-order valence-electron chi connectivity index (χ1n) is 7.78. The molecule has 1 amide bonds. The molecule has 0 aliphatic heterocycles. The largest absolute Gasteiger partial charge is 0.480 e. The van der Waals surface area contributed by atoms with Crippen LogP contribution in [0.5, 0.6) is 0 Å². The first kappa shape index (κ1) is 16.7. The lowest BCUT2D eigenvalue weighted by Gasteiger charge is -2.15. The van der Waals surface area contributed by atoms with Crippen molar-refractivity contribution in [1.29, 1.82) is 0 Å². The Morgan fingerprint density at radius 3 is 2.65 bits per heavy atom. The SMILES string of the molecule is CCCC=CC(=O)N[C@@H](Cc1cccc2ccccc12)C(=O)O. The fourth-order valence-electron chi connectivity index (χ4n) is 2.47. The van der Waals surface area contributed by atoms with E-state index >= 15 is 0 Å². The Morgan fingerprint density at radius 1 is 1.17 bits per heavy atom. The lowest BCUT2D eigenvalue weighted by molar-refractivity contribution is -0.141. The van der Waals surface area contributed by atoms with Gasteiger partial charge < -0.3 is 10.4 Å². The normalized spacial score (nSPS) is 12.4. The Morgan fingerprint density at radius 2 is 1.91 bits per heavy atom. The molecule has 0 unspecified atom stereocenters. The van der Waals surface area contributed by atoms with Crippen LogP contribution in [0.25, 0.3) is 10.8 Å². The van der Waals surface area contributed by atoms with Gasteiger partial charge in [-0.2, -0.15) is 0 Å². The average Bonchev–Trinajstić information content (AvgIpc) is 2.54. The highest BCUT2D eigenvalue weighted by atomic mass is 16.4. The number of allylic oxidation sites excluding steroid dienone is 1. The number of benzene rings is 2. The minimum atomic E-state index is -1.03. The molecule has 0 bridgehead atoms. The van der Waals surface area contributed by atoms with Crippen LogP contribution in [0.2, 0.25) is 0 Å². The molecule has 120 valence electrons. The highest BCUT2D eigenvalue weighted by molar-refractivity contribution is 5.92. The monoisotopic (exact) mass is 311 g/mol. The highest BCUT2D eigenvalue weighted by Crippen LogP contribution is 2.19. The molecule has 0 saturated carbocycles. The molecule has 4 heteroatoms. The van der Waals surface area contributed by atoms with Crippen molar-refractivity contribution in [2.75, 3.05) is 0 Å². The van der Waals surface area contributed by atoms with Gasteiger partial charge in [-0.3, -0.25) is 4.79 Å². The number of carboxylic acid groups (broad SMARTS) is 1.